The van der Waals surface area contributed by atoms with Gasteiger partial charge in [-0.1, -0.05) is 0 Å². The Morgan fingerprint density at radius 1 is 1.25 bits per heavy atom. The summed E-state index contributed by atoms with van der Waals surface area (Å²) in [5.74, 6) is -2.78. The fourth-order valence-electron chi connectivity index (χ4n) is 2.52. The van der Waals surface area contributed by atoms with Crippen LogP contribution < -0.4 is 5.73 Å². The number of nitrogens with zero attached hydrogens (tertiary/aromatic N) is 1. The van der Waals surface area contributed by atoms with E-state index in [1.165, 1.54) is 0 Å². The van der Waals surface area contributed by atoms with E-state index in [0.29, 0.717) is 32.4 Å². The first-order valence-corrected chi connectivity index (χ1v) is 7.05. The van der Waals surface area contributed by atoms with Crippen LogP contribution in [-0.2, 0) is 4.74 Å². The summed E-state index contributed by atoms with van der Waals surface area (Å²) >= 11 is 0. The Morgan fingerprint density at radius 2 is 1.85 bits per heavy atom. The van der Waals surface area contributed by atoms with E-state index >= 15 is 0 Å². The largest absolute Gasteiger partial charge is 0.444 e. The van der Waals surface area contributed by atoms with Gasteiger partial charge in [0.1, 0.15) is 5.60 Å². The number of carbonyl (C=O) groups is 1. The first-order valence-electron chi connectivity index (χ1n) is 7.05. The van der Waals surface area contributed by atoms with Gasteiger partial charge in [-0.3, -0.25) is 0 Å². The number of hydrogen-bond donors (Lipinski definition) is 1. The first-order chi connectivity index (χ1) is 8.90. The lowest BCUT2D eigenvalue weighted by Crippen LogP contribution is -2.45. The Kier molecular flexibility index (Phi) is 5.00. The molecule has 20 heavy (non-hydrogen) atoms. The van der Waals surface area contributed by atoms with E-state index in [4.69, 9.17) is 10.5 Å². The number of halogens is 2. The summed E-state index contributed by atoms with van der Waals surface area (Å²) in [4.78, 5) is 13.5. The van der Waals surface area contributed by atoms with E-state index in [9.17, 15) is 13.6 Å². The standard InChI is InChI=1S/C14H26F2N2O2/c1-12(2,3)20-11(19)18-8-5-6-14(17,7-9-18)10-13(4,15)16/h5-10,17H2,1-4H3. The van der Waals surface area contributed by atoms with Gasteiger partial charge < -0.3 is 15.4 Å². The molecule has 1 atom stereocenters. The summed E-state index contributed by atoms with van der Waals surface area (Å²) in [6.07, 6.45) is 0.740. The van der Waals surface area contributed by atoms with Gasteiger partial charge in [-0.05, 0) is 47.0 Å². The summed E-state index contributed by atoms with van der Waals surface area (Å²) in [7, 11) is 0. The molecule has 1 aliphatic heterocycles. The third-order valence-corrected chi connectivity index (χ3v) is 3.30. The minimum absolute atomic E-state index is 0.345. The van der Waals surface area contributed by atoms with Gasteiger partial charge in [0.25, 0.3) is 0 Å². The van der Waals surface area contributed by atoms with E-state index < -0.39 is 23.2 Å². The predicted molar refractivity (Wildman–Crippen MR) is 73.8 cm³/mol. The topological polar surface area (TPSA) is 55.6 Å². The number of nitrogens with two attached hydrogens (primary N) is 1. The van der Waals surface area contributed by atoms with Crippen LogP contribution in [-0.4, -0.2) is 41.1 Å². The van der Waals surface area contributed by atoms with E-state index in [0.717, 1.165) is 6.92 Å². The Labute approximate surface area is 119 Å². The summed E-state index contributed by atoms with van der Waals surface area (Å²) < 4.78 is 31.7. The number of alkyl halides is 2. The number of amides is 1. The van der Waals surface area contributed by atoms with Crippen molar-refractivity contribution in [1.29, 1.82) is 0 Å². The smallest absolute Gasteiger partial charge is 0.410 e. The van der Waals surface area contributed by atoms with Gasteiger partial charge in [-0.2, -0.15) is 0 Å². The van der Waals surface area contributed by atoms with Crippen LogP contribution in [0.1, 0.15) is 53.4 Å². The van der Waals surface area contributed by atoms with Crippen molar-refractivity contribution in [3.05, 3.63) is 0 Å². The van der Waals surface area contributed by atoms with E-state index in [2.05, 4.69) is 0 Å². The van der Waals surface area contributed by atoms with Gasteiger partial charge in [-0.15, -0.1) is 0 Å². The van der Waals surface area contributed by atoms with Crippen molar-refractivity contribution >= 4 is 6.09 Å². The summed E-state index contributed by atoms with van der Waals surface area (Å²) in [6.45, 7) is 7.15. The lowest BCUT2D eigenvalue weighted by molar-refractivity contribution is -0.0121. The van der Waals surface area contributed by atoms with Crippen molar-refractivity contribution in [3.8, 4) is 0 Å². The fourth-order valence-corrected chi connectivity index (χ4v) is 2.52. The van der Waals surface area contributed by atoms with Crippen LogP contribution in [0.15, 0.2) is 0 Å². The fraction of sp³-hybridized carbons (Fsp3) is 0.929. The molecule has 118 valence electrons. The summed E-state index contributed by atoms with van der Waals surface area (Å²) in [5.41, 5.74) is 4.61. The van der Waals surface area contributed by atoms with Crippen LogP contribution in [0.2, 0.25) is 0 Å². The molecule has 1 amide bonds. The number of likely N-dealkylation sites (tertiary alicyclic amines) is 1. The average Bonchev–Trinajstić information content (AvgIpc) is 2.34. The normalized spacial score (nSPS) is 25.2. The SMILES string of the molecule is CC(F)(F)CC1(N)CCCN(C(=O)OC(C)(C)C)CC1. The van der Waals surface area contributed by atoms with Gasteiger partial charge in [-0.25, -0.2) is 13.6 Å². The van der Waals surface area contributed by atoms with Crippen LogP contribution >= 0.6 is 0 Å². The summed E-state index contributed by atoms with van der Waals surface area (Å²) in [5, 5.41) is 0. The molecule has 2 N–H and O–H groups in total. The molecule has 0 aliphatic carbocycles. The van der Waals surface area contributed by atoms with Crippen molar-refractivity contribution in [3.63, 3.8) is 0 Å². The Morgan fingerprint density at radius 3 is 2.35 bits per heavy atom. The second kappa shape index (κ2) is 5.84. The first kappa shape index (κ1) is 17.1. The van der Waals surface area contributed by atoms with E-state index in [1.807, 2.05) is 0 Å². The molecule has 0 aromatic carbocycles. The predicted octanol–water partition coefficient (Wildman–Crippen LogP) is 3.15. The molecule has 0 bridgehead atoms. The number of ether oxygens (including phenoxy) is 1. The Hall–Kier alpha value is -0.910. The summed E-state index contributed by atoms with van der Waals surface area (Å²) in [6, 6.07) is 0. The highest BCUT2D eigenvalue weighted by molar-refractivity contribution is 5.68. The molecular weight excluding hydrogens is 266 g/mol. The molecule has 1 unspecified atom stereocenters. The van der Waals surface area contributed by atoms with E-state index in [-0.39, 0.29) is 6.42 Å². The van der Waals surface area contributed by atoms with Gasteiger partial charge in [0, 0.05) is 25.0 Å². The number of hydrogen-bond acceptors (Lipinski definition) is 3. The maximum Gasteiger partial charge on any atom is 0.410 e. The van der Waals surface area contributed by atoms with Crippen molar-refractivity contribution in [2.75, 3.05) is 13.1 Å². The minimum atomic E-state index is -2.78. The van der Waals surface area contributed by atoms with Crippen molar-refractivity contribution in [1.82, 2.24) is 4.90 Å². The maximum absolute atomic E-state index is 13.2. The highest BCUT2D eigenvalue weighted by atomic mass is 19.3. The van der Waals surface area contributed by atoms with Crippen molar-refractivity contribution in [2.24, 2.45) is 5.73 Å². The van der Waals surface area contributed by atoms with Crippen LogP contribution in [0, 0.1) is 0 Å². The molecule has 1 aliphatic rings. The Bertz CT molecular complexity index is 350. The second-order valence-electron chi connectivity index (χ2n) is 6.93. The quantitative estimate of drug-likeness (QED) is 0.850. The van der Waals surface area contributed by atoms with Crippen molar-refractivity contribution < 1.29 is 18.3 Å². The zero-order valence-corrected chi connectivity index (χ0v) is 12.8. The van der Waals surface area contributed by atoms with Crippen molar-refractivity contribution in [2.45, 2.75) is 70.4 Å². The third kappa shape index (κ3) is 6.03. The average molecular weight is 292 g/mol. The van der Waals surface area contributed by atoms with Crippen LogP contribution in [0.25, 0.3) is 0 Å². The molecule has 0 radical (unpaired) electrons. The highest BCUT2D eigenvalue weighted by Gasteiger charge is 2.38. The molecule has 1 fully saturated rings. The molecule has 6 heteroatoms. The zero-order chi connectivity index (χ0) is 15.6. The van der Waals surface area contributed by atoms with Crippen LogP contribution in [0.4, 0.5) is 13.6 Å². The number of rotatable bonds is 2. The monoisotopic (exact) mass is 292 g/mol. The molecule has 1 saturated heterocycles. The minimum Gasteiger partial charge on any atom is -0.444 e. The van der Waals surface area contributed by atoms with Gasteiger partial charge >= 0.3 is 6.09 Å². The van der Waals surface area contributed by atoms with E-state index in [1.54, 1.807) is 25.7 Å². The third-order valence-electron chi connectivity index (χ3n) is 3.30. The van der Waals surface area contributed by atoms with Gasteiger partial charge in [0.2, 0.25) is 5.92 Å². The molecular formula is C14H26F2N2O2. The van der Waals surface area contributed by atoms with Crippen LogP contribution in [0.5, 0.6) is 0 Å². The molecule has 0 spiro atoms. The molecule has 0 saturated carbocycles. The lowest BCUT2D eigenvalue weighted by atomic mass is 9.86. The van der Waals surface area contributed by atoms with Gasteiger partial charge in [0.15, 0.2) is 0 Å². The number of carbonyl (C=O) groups excluding carboxylic acids is 1. The molecule has 4 nitrogen and oxygen atoms in total. The highest BCUT2D eigenvalue weighted by Crippen LogP contribution is 2.31. The van der Waals surface area contributed by atoms with Gasteiger partial charge in [0.05, 0.1) is 0 Å². The molecule has 0 aromatic rings. The Balaban J connectivity index is 2.61. The lowest BCUT2D eigenvalue weighted by Gasteiger charge is -2.31. The zero-order valence-electron chi connectivity index (χ0n) is 12.8. The molecule has 0 aromatic heterocycles. The molecule has 1 heterocycles. The van der Waals surface area contributed by atoms with Crippen LogP contribution in [0.3, 0.4) is 0 Å². The second-order valence-corrected chi connectivity index (χ2v) is 6.93. The molecule has 1 rings (SSSR count). The maximum atomic E-state index is 13.2.